The first-order chi connectivity index (χ1) is 14.3. The van der Waals surface area contributed by atoms with Crippen LogP contribution in [0.4, 0.5) is 20.5 Å². The minimum Gasteiger partial charge on any atom is -0.368 e. The van der Waals surface area contributed by atoms with Crippen molar-refractivity contribution in [2.75, 3.05) is 11.1 Å². The molecule has 0 bridgehead atoms. The van der Waals surface area contributed by atoms with Crippen LogP contribution >= 0.6 is 11.3 Å². The molecule has 0 spiro atoms. The Kier molecular flexibility index (Phi) is 4.61. The molecule has 2 atom stereocenters. The van der Waals surface area contributed by atoms with Gasteiger partial charge in [0.25, 0.3) is 0 Å². The highest BCUT2D eigenvalue weighted by Gasteiger charge is 2.40. The van der Waals surface area contributed by atoms with Gasteiger partial charge in [0.1, 0.15) is 16.3 Å². The molecule has 2 aliphatic carbocycles. The maximum atomic E-state index is 13.8. The largest absolute Gasteiger partial charge is 0.368 e. The molecule has 2 fully saturated rings. The number of hydrogen-bond donors (Lipinski definition) is 2. The molecule has 0 amide bonds. The Balaban J connectivity index is 1.52. The maximum absolute atomic E-state index is 13.8. The van der Waals surface area contributed by atoms with E-state index < -0.39 is 11.8 Å². The summed E-state index contributed by atoms with van der Waals surface area (Å²) in [6.07, 6.45) is 5.72. The number of halogens is 2. The van der Waals surface area contributed by atoms with Gasteiger partial charge in [-0.3, -0.25) is 4.98 Å². The summed E-state index contributed by atoms with van der Waals surface area (Å²) in [6, 6.07) is 1.90. The molecule has 2 saturated carbocycles. The molecule has 3 N–H and O–H groups in total. The van der Waals surface area contributed by atoms with Crippen LogP contribution in [0, 0.1) is 12.8 Å². The number of alkyl halides is 2. The number of aryl methyl sites for hydroxylation is 1. The molecular formula is C21H24F2N6S. The quantitative estimate of drug-likeness (QED) is 0.582. The number of pyridine rings is 1. The van der Waals surface area contributed by atoms with Crippen LogP contribution in [0.1, 0.15) is 56.3 Å². The van der Waals surface area contributed by atoms with Crippen molar-refractivity contribution >= 4 is 33.3 Å². The second kappa shape index (κ2) is 7.08. The molecule has 30 heavy (non-hydrogen) atoms. The molecule has 158 valence electrons. The van der Waals surface area contributed by atoms with Crippen LogP contribution < -0.4 is 11.1 Å². The average molecular weight is 431 g/mol. The smallest absolute Gasteiger partial charge is 0.248 e. The first-order valence-electron chi connectivity index (χ1n) is 10.3. The minimum absolute atomic E-state index is 0.0775. The van der Waals surface area contributed by atoms with E-state index in [-0.39, 0.29) is 12.0 Å². The lowest BCUT2D eigenvalue weighted by atomic mass is 10.0. The van der Waals surface area contributed by atoms with Crippen LogP contribution in [0.5, 0.6) is 0 Å². The summed E-state index contributed by atoms with van der Waals surface area (Å²) >= 11 is 1.57. The molecule has 3 heterocycles. The SMILES string of the molecule is Cc1nc(N)nc(NC2CCC(C(C)(F)F)C2)c1-c1nc2c(C3CC3)nccc2s1. The van der Waals surface area contributed by atoms with Crippen molar-refractivity contribution < 1.29 is 8.78 Å². The summed E-state index contributed by atoms with van der Waals surface area (Å²) in [7, 11) is 0. The third-order valence-electron chi connectivity index (χ3n) is 6.11. The second-order valence-corrected chi connectivity index (χ2v) is 9.57. The average Bonchev–Trinajstić information content (AvgIpc) is 3.23. The fourth-order valence-corrected chi connectivity index (χ4v) is 5.43. The number of rotatable bonds is 5. The van der Waals surface area contributed by atoms with Gasteiger partial charge in [0.2, 0.25) is 11.9 Å². The number of thiazole rings is 1. The molecule has 6 nitrogen and oxygen atoms in total. The molecule has 2 aliphatic rings. The van der Waals surface area contributed by atoms with Crippen LogP contribution in [-0.2, 0) is 0 Å². The first kappa shape index (κ1) is 19.5. The van der Waals surface area contributed by atoms with Crippen molar-refractivity contribution in [3.8, 4) is 10.6 Å². The molecular weight excluding hydrogens is 406 g/mol. The lowest BCUT2D eigenvalue weighted by Gasteiger charge is -2.20. The van der Waals surface area contributed by atoms with E-state index in [0.717, 1.165) is 51.9 Å². The number of fused-ring (bicyclic) bond motifs is 1. The molecule has 0 radical (unpaired) electrons. The van der Waals surface area contributed by atoms with E-state index in [4.69, 9.17) is 10.7 Å². The number of hydrogen-bond acceptors (Lipinski definition) is 7. The Labute approximate surface area is 177 Å². The van der Waals surface area contributed by atoms with Crippen molar-refractivity contribution in [3.63, 3.8) is 0 Å². The van der Waals surface area contributed by atoms with Crippen LogP contribution in [0.2, 0.25) is 0 Å². The van der Waals surface area contributed by atoms with E-state index in [9.17, 15) is 8.78 Å². The van der Waals surface area contributed by atoms with Gasteiger partial charge in [0, 0.05) is 24.1 Å². The number of nitrogens with one attached hydrogen (secondary N) is 1. The zero-order chi connectivity index (χ0) is 21.0. The summed E-state index contributed by atoms with van der Waals surface area (Å²) in [5, 5.41) is 4.17. The van der Waals surface area contributed by atoms with Crippen molar-refractivity contribution in [1.29, 1.82) is 0 Å². The van der Waals surface area contributed by atoms with Gasteiger partial charge < -0.3 is 11.1 Å². The first-order valence-corrected chi connectivity index (χ1v) is 11.2. The number of aromatic nitrogens is 4. The molecule has 0 aromatic carbocycles. The molecule has 5 rings (SSSR count). The summed E-state index contributed by atoms with van der Waals surface area (Å²) in [5.74, 6) is -2.05. The predicted molar refractivity (Wildman–Crippen MR) is 115 cm³/mol. The van der Waals surface area contributed by atoms with E-state index in [0.29, 0.717) is 31.0 Å². The summed E-state index contributed by atoms with van der Waals surface area (Å²) in [4.78, 5) is 18.2. The highest BCUT2D eigenvalue weighted by atomic mass is 32.1. The third-order valence-corrected chi connectivity index (χ3v) is 7.15. The second-order valence-electron chi connectivity index (χ2n) is 8.53. The lowest BCUT2D eigenvalue weighted by molar-refractivity contribution is -0.0369. The van der Waals surface area contributed by atoms with Gasteiger partial charge in [0.05, 0.1) is 21.7 Å². The third kappa shape index (κ3) is 3.59. The topological polar surface area (TPSA) is 89.6 Å². The van der Waals surface area contributed by atoms with E-state index in [2.05, 4.69) is 20.3 Å². The standard InChI is InChI=1S/C21H24F2N6S/c1-10-15(19-28-17-14(30-19)7-8-25-16(17)11-3-4-11)18(29-20(24)26-10)27-13-6-5-12(9-13)21(2,22)23/h7-8,11-13H,3-6,9H2,1-2H3,(H3,24,26,27,29). The van der Waals surface area contributed by atoms with Crippen LogP contribution in [0.25, 0.3) is 20.8 Å². The van der Waals surface area contributed by atoms with Gasteiger partial charge in [-0.15, -0.1) is 11.3 Å². The lowest BCUT2D eigenvalue weighted by Crippen LogP contribution is -2.24. The van der Waals surface area contributed by atoms with Gasteiger partial charge in [0.15, 0.2) is 0 Å². The number of nitrogens with zero attached hydrogens (tertiary/aromatic N) is 4. The van der Waals surface area contributed by atoms with Gasteiger partial charge in [-0.25, -0.2) is 18.7 Å². The number of anilines is 2. The molecule has 3 aromatic rings. The number of nitrogen functional groups attached to an aromatic ring is 1. The van der Waals surface area contributed by atoms with Crippen LogP contribution in [-0.4, -0.2) is 31.9 Å². The fourth-order valence-electron chi connectivity index (χ4n) is 4.36. The van der Waals surface area contributed by atoms with Crippen LogP contribution in [0.15, 0.2) is 12.3 Å². The van der Waals surface area contributed by atoms with Crippen molar-refractivity contribution in [2.24, 2.45) is 5.92 Å². The highest BCUT2D eigenvalue weighted by Crippen LogP contribution is 2.45. The Morgan fingerprint density at radius 3 is 2.67 bits per heavy atom. The zero-order valence-electron chi connectivity index (χ0n) is 17.0. The van der Waals surface area contributed by atoms with E-state index in [1.807, 2.05) is 19.2 Å². The molecule has 9 heteroatoms. The van der Waals surface area contributed by atoms with Gasteiger partial charge >= 0.3 is 0 Å². The Bertz CT molecular complexity index is 1100. The molecule has 2 unspecified atom stereocenters. The molecule has 3 aromatic heterocycles. The highest BCUT2D eigenvalue weighted by molar-refractivity contribution is 7.21. The molecule has 0 saturated heterocycles. The minimum atomic E-state index is -2.67. The number of nitrogens with two attached hydrogens (primary N) is 1. The summed E-state index contributed by atoms with van der Waals surface area (Å²) in [5.41, 5.74) is 9.42. The van der Waals surface area contributed by atoms with Crippen molar-refractivity contribution in [1.82, 2.24) is 19.9 Å². The molecule has 0 aliphatic heterocycles. The Morgan fingerprint density at radius 1 is 1.17 bits per heavy atom. The van der Waals surface area contributed by atoms with Crippen LogP contribution in [0.3, 0.4) is 0 Å². The van der Waals surface area contributed by atoms with Gasteiger partial charge in [-0.1, -0.05) is 0 Å². The summed E-state index contributed by atoms with van der Waals surface area (Å²) in [6.45, 7) is 2.88. The van der Waals surface area contributed by atoms with E-state index in [1.165, 1.54) is 0 Å². The van der Waals surface area contributed by atoms with E-state index in [1.54, 1.807) is 11.3 Å². The normalized spacial score (nSPS) is 22.0. The van der Waals surface area contributed by atoms with Crippen molar-refractivity contribution in [2.45, 2.75) is 63.8 Å². The summed E-state index contributed by atoms with van der Waals surface area (Å²) < 4.78 is 28.6. The predicted octanol–water partition coefficient (Wildman–Crippen LogP) is 5.15. The van der Waals surface area contributed by atoms with E-state index >= 15 is 0 Å². The Hall–Kier alpha value is -2.42. The monoisotopic (exact) mass is 430 g/mol. The van der Waals surface area contributed by atoms with Gasteiger partial charge in [-0.2, -0.15) is 4.98 Å². The van der Waals surface area contributed by atoms with Gasteiger partial charge in [-0.05, 0) is 52.0 Å². The fraction of sp³-hybridized carbons (Fsp3) is 0.524. The Morgan fingerprint density at radius 2 is 1.97 bits per heavy atom. The maximum Gasteiger partial charge on any atom is 0.248 e. The van der Waals surface area contributed by atoms with Crippen molar-refractivity contribution in [3.05, 3.63) is 23.7 Å². The zero-order valence-corrected chi connectivity index (χ0v) is 17.8.